The van der Waals surface area contributed by atoms with E-state index in [2.05, 4.69) is 50.1 Å². The third-order valence-corrected chi connectivity index (χ3v) is 5.37. The lowest BCUT2D eigenvalue weighted by atomic mass is 10.0. The molecule has 1 aromatic carbocycles. The molecule has 0 aliphatic rings. The molecule has 0 fully saturated rings. The topological polar surface area (TPSA) is 35.2 Å². The number of halogens is 2. The third kappa shape index (κ3) is 4.05. The SMILES string of the molecule is COc1ccc(CCC(N)c2cc(Br)sc2Br)cc1. The first-order valence-electron chi connectivity index (χ1n) is 5.93. The molecule has 1 atom stereocenters. The maximum atomic E-state index is 6.24. The molecule has 2 N–H and O–H groups in total. The summed E-state index contributed by atoms with van der Waals surface area (Å²) in [5.74, 6) is 0.887. The van der Waals surface area contributed by atoms with E-state index in [4.69, 9.17) is 10.5 Å². The van der Waals surface area contributed by atoms with Crippen molar-refractivity contribution in [2.24, 2.45) is 5.73 Å². The second kappa shape index (κ2) is 6.88. The van der Waals surface area contributed by atoms with Gasteiger partial charge in [0.15, 0.2) is 0 Å². The molecule has 0 aliphatic heterocycles. The molecule has 102 valence electrons. The molecule has 19 heavy (non-hydrogen) atoms. The average Bonchev–Trinajstić information content (AvgIpc) is 2.75. The Bertz CT molecular complexity index is 539. The fourth-order valence-corrected chi connectivity index (χ4v) is 4.88. The molecule has 0 spiro atoms. The van der Waals surface area contributed by atoms with Gasteiger partial charge in [-0.2, -0.15) is 0 Å². The summed E-state index contributed by atoms with van der Waals surface area (Å²) in [6, 6.07) is 10.3. The van der Waals surface area contributed by atoms with Gasteiger partial charge in [-0.15, -0.1) is 11.3 Å². The highest BCUT2D eigenvalue weighted by Gasteiger charge is 2.13. The Hall–Kier alpha value is -0.360. The van der Waals surface area contributed by atoms with Gasteiger partial charge in [-0.05, 0) is 74.0 Å². The van der Waals surface area contributed by atoms with Gasteiger partial charge < -0.3 is 10.5 Å². The summed E-state index contributed by atoms with van der Waals surface area (Å²) in [5, 5.41) is 0. The van der Waals surface area contributed by atoms with Crippen LogP contribution in [-0.4, -0.2) is 7.11 Å². The fraction of sp³-hybridized carbons (Fsp3) is 0.286. The number of methoxy groups -OCH3 is 1. The second-order valence-corrected chi connectivity index (χ2v) is 8.02. The van der Waals surface area contributed by atoms with Crippen LogP contribution in [0.25, 0.3) is 0 Å². The molecule has 0 aliphatic carbocycles. The molecule has 0 saturated carbocycles. The predicted molar refractivity (Wildman–Crippen MR) is 88.0 cm³/mol. The minimum absolute atomic E-state index is 0.0547. The van der Waals surface area contributed by atoms with Crippen LogP contribution in [0.1, 0.15) is 23.6 Å². The zero-order valence-corrected chi connectivity index (χ0v) is 14.5. The number of ether oxygens (including phenoxy) is 1. The van der Waals surface area contributed by atoms with E-state index in [0.717, 1.165) is 26.2 Å². The average molecular weight is 405 g/mol. The summed E-state index contributed by atoms with van der Waals surface area (Å²) < 4.78 is 7.37. The summed E-state index contributed by atoms with van der Waals surface area (Å²) in [7, 11) is 1.68. The molecule has 2 rings (SSSR count). The number of hydrogen-bond donors (Lipinski definition) is 1. The molecular weight excluding hydrogens is 390 g/mol. The van der Waals surface area contributed by atoms with Gasteiger partial charge in [0.25, 0.3) is 0 Å². The molecule has 1 aromatic heterocycles. The first-order chi connectivity index (χ1) is 9.10. The van der Waals surface area contributed by atoms with Crippen LogP contribution in [0.3, 0.4) is 0 Å². The summed E-state index contributed by atoms with van der Waals surface area (Å²) in [5.41, 5.74) is 8.70. The van der Waals surface area contributed by atoms with Crippen molar-refractivity contribution in [1.82, 2.24) is 0 Å². The van der Waals surface area contributed by atoms with Crippen LogP contribution in [0.2, 0.25) is 0 Å². The van der Waals surface area contributed by atoms with Crippen molar-refractivity contribution in [1.29, 1.82) is 0 Å². The van der Waals surface area contributed by atoms with Crippen molar-refractivity contribution in [2.45, 2.75) is 18.9 Å². The molecular formula is C14H15Br2NOS. The number of thiophene rings is 1. The Labute approximate surface area is 134 Å². The normalized spacial score (nSPS) is 12.4. The van der Waals surface area contributed by atoms with E-state index in [-0.39, 0.29) is 6.04 Å². The highest BCUT2D eigenvalue weighted by Crippen LogP contribution is 2.36. The van der Waals surface area contributed by atoms with E-state index in [0.29, 0.717) is 0 Å². The highest BCUT2D eigenvalue weighted by molar-refractivity contribution is 9.12. The Balaban J connectivity index is 1.96. The summed E-state index contributed by atoms with van der Waals surface area (Å²) in [6.45, 7) is 0. The van der Waals surface area contributed by atoms with E-state index in [1.54, 1.807) is 18.4 Å². The van der Waals surface area contributed by atoms with Gasteiger partial charge in [0.1, 0.15) is 5.75 Å². The maximum absolute atomic E-state index is 6.24. The number of hydrogen-bond acceptors (Lipinski definition) is 3. The van der Waals surface area contributed by atoms with E-state index < -0.39 is 0 Å². The van der Waals surface area contributed by atoms with Crippen LogP contribution in [-0.2, 0) is 6.42 Å². The number of rotatable bonds is 5. The van der Waals surface area contributed by atoms with Gasteiger partial charge in [0.05, 0.1) is 14.7 Å². The molecule has 0 bridgehead atoms. The molecule has 5 heteroatoms. The number of nitrogens with two attached hydrogens (primary N) is 1. The largest absolute Gasteiger partial charge is 0.497 e. The van der Waals surface area contributed by atoms with E-state index >= 15 is 0 Å². The first-order valence-corrected chi connectivity index (χ1v) is 8.33. The van der Waals surface area contributed by atoms with Gasteiger partial charge in [0, 0.05) is 6.04 Å². The zero-order valence-electron chi connectivity index (χ0n) is 10.5. The van der Waals surface area contributed by atoms with Gasteiger partial charge in [0.2, 0.25) is 0 Å². The third-order valence-electron chi connectivity index (χ3n) is 2.99. The Morgan fingerprint density at radius 3 is 2.47 bits per heavy atom. The van der Waals surface area contributed by atoms with Crippen LogP contribution in [0.5, 0.6) is 5.75 Å². The van der Waals surface area contributed by atoms with Crippen molar-refractivity contribution >= 4 is 43.2 Å². The molecule has 0 saturated heterocycles. The summed E-state index contributed by atoms with van der Waals surface area (Å²) in [4.78, 5) is 0. The lowest BCUT2D eigenvalue weighted by Gasteiger charge is -2.11. The van der Waals surface area contributed by atoms with Crippen LogP contribution < -0.4 is 10.5 Å². The maximum Gasteiger partial charge on any atom is 0.118 e. The molecule has 1 heterocycles. The minimum Gasteiger partial charge on any atom is -0.497 e. The van der Waals surface area contributed by atoms with Crippen molar-refractivity contribution in [3.63, 3.8) is 0 Å². The van der Waals surface area contributed by atoms with Crippen LogP contribution >= 0.6 is 43.2 Å². The minimum atomic E-state index is 0.0547. The lowest BCUT2D eigenvalue weighted by molar-refractivity contribution is 0.414. The number of aryl methyl sites for hydroxylation is 1. The Morgan fingerprint density at radius 2 is 1.95 bits per heavy atom. The van der Waals surface area contributed by atoms with E-state index in [9.17, 15) is 0 Å². The van der Waals surface area contributed by atoms with Crippen molar-refractivity contribution < 1.29 is 4.74 Å². The first kappa shape index (κ1) is 15.0. The smallest absolute Gasteiger partial charge is 0.118 e. The van der Waals surface area contributed by atoms with Crippen molar-refractivity contribution in [2.75, 3.05) is 7.11 Å². The van der Waals surface area contributed by atoms with Crippen molar-refractivity contribution in [3.8, 4) is 5.75 Å². The van der Waals surface area contributed by atoms with Crippen LogP contribution in [0.15, 0.2) is 37.9 Å². The van der Waals surface area contributed by atoms with Crippen LogP contribution in [0.4, 0.5) is 0 Å². The zero-order chi connectivity index (χ0) is 13.8. The molecule has 2 aromatic rings. The standard InChI is InChI=1S/C14H15Br2NOS/c1-18-10-5-2-9(3-6-10)4-7-12(17)11-8-13(15)19-14(11)16/h2-3,5-6,8,12H,4,7,17H2,1H3. The monoisotopic (exact) mass is 403 g/mol. The second-order valence-electron chi connectivity index (χ2n) is 4.27. The molecule has 1 unspecified atom stereocenters. The fourth-order valence-electron chi connectivity index (χ4n) is 1.88. The quantitative estimate of drug-likeness (QED) is 0.767. The van der Waals surface area contributed by atoms with Gasteiger partial charge in [-0.1, -0.05) is 12.1 Å². The van der Waals surface area contributed by atoms with Crippen LogP contribution in [0, 0.1) is 0 Å². The highest BCUT2D eigenvalue weighted by atomic mass is 79.9. The predicted octanol–water partition coefficient (Wildman–Crippen LogP) is 4.91. The van der Waals surface area contributed by atoms with E-state index in [1.165, 1.54) is 11.1 Å². The summed E-state index contributed by atoms with van der Waals surface area (Å²) in [6.07, 6.45) is 1.89. The van der Waals surface area contributed by atoms with Gasteiger partial charge in [-0.3, -0.25) is 0 Å². The Morgan fingerprint density at radius 1 is 1.26 bits per heavy atom. The summed E-state index contributed by atoms with van der Waals surface area (Å²) >= 11 is 8.70. The van der Waals surface area contributed by atoms with Crippen molar-refractivity contribution in [3.05, 3.63) is 49.0 Å². The van der Waals surface area contributed by atoms with Gasteiger partial charge in [-0.25, -0.2) is 0 Å². The number of benzene rings is 1. The van der Waals surface area contributed by atoms with E-state index in [1.807, 2.05) is 12.1 Å². The molecule has 0 radical (unpaired) electrons. The molecule has 0 amide bonds. The molecule has 2 nitrogen and oxygen atoms in total. The van der Waals surface area contributed by atoms with Gasteiger partial charge >= 0.3 is 0 Å². The lowest BCUT2D eigenvalue weighted by Crippen LogP contribution is -2.10. The Kier molecular flexibility index (Phi) is 5.45.